The lowest BCUT2D eigenvalue weighted by atomic mass is 10.2. The summed E-state index contributed by atoms with van der Waals surface area (Å²) in [5, 5.41) is 5.92. The van der Waals surface area contributed by atoms with Gasteiger partial charge in [-0.3, -0.25) is 10.1 Å². The highest BCUT2D eigenvalue weighted by Gasteiger charge is 2.08. The van der Waals surface area contributed by atoms with Crippen LogP contribution in [0.4, 0.5) is 5.13 Å². The molecule has 1 N–H and O–H groups in total. The fourth-order valence-corrected chi connectivity index (χ4v) is 2.61. The van der Waals surface area contributed by atoms with E-state index in [2.05, 4.69) is 10.3 Å². The quantitative estimate of drug-likeness (QED) is 0.878. The van der Waals surface area contributed by atoms with E-state index in [0.29, 0.717) is 15.9 Å². The molecule has 0 aliphatic heterocycles. The average Bonchev–Trinajstić information content (AvgIpc) is 2.86. The Bertz CT molecular complexity index is 658. The maximum absolute atomic E-state index is 11.9. The number of hydrogen-bond acceptors (Lipinski definition) is 5. The summed E-state index contributed by atoms with van der Waals surface area (Å²) >= 11 is 7.35. The van der Waals surface area contributed by atoms with Gasteiger partial charge in [-0.25, -0.2) is 4.98 Å². The van der Waals surface area contributed by atoms with Crippen LogP contribution in [0.25, 0.3) is 0 Å². The van der Waals surface area contributed by atoms with Crippen LogP contribution >= 0.6 is 22.9 Å². The number of amides is 1. The summed E-state index contributed by atoms with van der Waals surface area (Å²) < 4.78 is 5.45. The van der Waals surface area contributed by atoms with Gasteiger partial charge >= 0.3 is 0 Å². The number of nitrogens with one attached hydrogen (secondary N) is 1. The number of benzene rings is 1. The van der Waals surface area contributed by atoms with Crippen LogP contribution in [0.3, 0.4) is 0 Å². The number of aryl methyl sites for hydroxylation is 1. The second kappa shape index (κ2) is 7.58. The number of nitrogens with zero attached hydrogens (tertiary/aromatic N) is 2. The van der Waals surface area contributed by atoms with Crippen molar-refractivity contribution in [3.8, 4) is 5.75 Å². The van der Waals surface area contributed by atoms with Crippen molar-refractivity contribution >= 4 is 34.0 Å². The zero-order valence-electron chi connectivity index (χ0n) is 12.7. The Hall–Kier alpha value is -1.63. The van der Waals surface area contributed by atoms with Gasteiger partial charge in [0.1, 0.15) is 5.75 Å². The molecular formula is C15H18ClN3O2S. The third-order valence-electron chi connectivity index (χ3n) is 2.78. The van der Waals surface area contributed by atoms with Crippen molar-refractivity contribution in [1.82, 2.24) is 9.88 Å². The van der Waals surface area contributed by atoms with Gasteiger partial charge in [0.15, 0.2) is 11.7 Å². The molecule has 5 nitrogen and oxygen atoms in total. The average molecular weight is 340 g/mol. The smallest absolute Gasteiger partial charge is 0.264 e. The Morgan fingerprint density at radius 1 is 1.45 bits per heavy atom. The van der Waals surface area contributed by atoms with Crippen LogP contribution in [-0.4, -0.2) is 36.5 Å². The van der Waals surface area contributed by atoms with Crippen molar-refractivity contribution in [2.45, 2.75) is 13.5 Å². The van der Waals surface area contributed by atoms with Crippen LogP contribution in [0, 0.1) is 6.92 Å². The number of thiazole rings is 1. The molecule has 7 heteroatoms. The number of ether oxygens (including phenoxy) is 1. The topological polar surface area (TPSA) is 54.5 Å². The van der Waals surface area contributed by atoms with Crippen molar-refractivity contribution in [1.29, 1.82) is 0 Å². The van der Waals surface area contributed by atoms with Gasteiger partial charge in [0.05, 0.1) is 5.69 Å². The Morgan fingerprint density at radius 2 is 2.23 bits per heavy atom. The first-order valence-electron chi connectivity index (χ1n) is 6.72. The molecule has 2 rings (SSSR count). The maximum atomic E-state index is 11.9. The van der Waals surface area contributed by atoms with Crippen LogP contribution in [0.15, 0.2) is 23.6 Å². The molecule has 0 aliphatic rings. The molecule has 0 unspecified atom stereocenters. The molecule has 22 heavy (non-hydrogen) atoms. The van der Waals surface area contributed by atoms with Gasteiger partial charge in [0.2, 0.25) is 0 Å². The van der Waals surface area contributed by atoms with Gasteiger partial charge in [0.25, 0.3) is 5.91 Å². The standard InChI is InChI=1S/C15H18ClN3O2S/c1-10-6-12(4-5-13(10)16)21-8-14(20)18-15-17-11(9-22-15)7-19(2)3/h4-6,9H,7-8H2,1-3H3,(H,17,18,20). The van der Waals surface area contributed by atoms with Crippen LogP contribution in [-0.2, 0) is 11.3 Å². The minimum atomic E-state index is -0.238. The zero-order chi connectivity index (χ0) is 16.1. The molecule has 0 aliphatic carbocycles. The summed E-state index contributed by atoms with van der Waals surface area (Å²) in [5.41, 5.74) is 1.84. The number of rotatable bonds is 6. The van der Waals surface area contributed by atoms with Gasteiger partial charge in [-0.05, 0) is 44.8 Å². The number of anilines is 1. The molecule has 0 saturated heterocycles. The predicted molar refractivity (Wildman–Crippen MR) is 89.8 cm³/mol. The minimum absolute atomic E-state index is 0.0658. The maximum Gasteiger partial charge on any atom is 0.264 e. The molecule has 2 aromatic rings. The van der Waals surface area contributed by atoms with E-state index >= 15 is 0 Å². The minimum Gasteiger partial charge on any atom is -0.484 e. The summed E-state index contributed by atoms with van der Waals surface area (Å²) in [7, 11) is 3.94. The Morgan fingerprint density at radius 3 is 2.91 bits per heavy atom. The van der Waals surface area contributed by atoms with E-state index in [1.54, 1.807) is 18.2 Å². The van der Waals surface area contributed by atoms with E-state index in [0.717, 1.165) is 17.8 Å². The number of carbonyl (C=O) groups is 1. The van der Waals surface area contributed by atoms with E-state index < -0.39 is 0 Å². The Kier molecular flexibility index (Phi) is 5.76. The first-order valence-corrected chi connectivity index (χ1v) is 7.98. The molecule has 1 heterocycles. The van der Waals surface area contributed by atoms with E-state index in [1.165, 1.54) is 11.3 Å². The van der Waals surface area contributed by atoms with E-state index in [-0.39, 0.29) is 12.5 Å². The highest BCUT2D eigenvalue weighted by atomic mass is 35.5. The normalized spacial score (nSPS) is 10.8. The first kappa shape index (κ1) is 16.7. The molecular weight excluding hydrogens is 322 g/mol. The monoisotopic (exact) mass is 339 g/mol. The molecule has 0 radical (unpaired) electrons. The van der Waals surface area contributed by atoms with Gasteiger partial charge in [-0.1, -0.05) is 11.6 Å². The zero-order valence-corrected chi connectivity index (χ0v) is 14.3. The van der Waals surface area contributed by atoms with Crippen LogP contribution in [0.5, 0.6) is 5.75 Å². The fourth-order valence-electron chi connectivity index (χ4n) is 1.77. The predicted octanol–water partition coefficient (Wildman–Crippen LogP) is 3.18. The van der Waals surface area contributed by atoms with Gasteiger partial charge in [-0.15, -0.1) is 11.3 Å². The molecule has 0 atom stereocenters. The van der Waals surface area contributed by atoms with Crippen molar-refractivity contribution in [2.75, 3.05) is 26.0 Å². The lowest BCUT2D eigenvalue weighted by molar-refractivity contribution is -0.118. The molecule has 0 bridgehead atoms. The van der Waals surface area contributed by atoms with Crippen LogP contribution in [0.1, 0.15) is 11.3 Å². The Labute approximate surface area is 138 Å². The molecule has 0 fully saturated rings. The lowest BCUT2D eigenvalue weighted by Crippen LogP contribution is -2.20. The SMILES string of the molecule is Cc1cc(OCC(=O)Nc2nc(CN(C)C)cs2)ccc1Cl. The molecule has 1 amide bonds. The fraction of sp³-hybridized carbons (Fsp3) is 0.333. The highest BCUT2D eigenvalue weighted by molar-refractivity contribution is 7.13. The van der Waals surface area contributed by atoms with Crippen LogP contribution < -0.4 is 10.1 Å². The lowest BCUT2D eigenvalue weighted by Gasteiger charge is -2.07. The second-order valence-corrected chi connectivity index (χ2v) is 6.39. The second-order valence-electron chi connectivity index (χ2n) is 5.13. The summed E-state index contributed by atoms with van der Waals surface area (Å²) in [6.07, 6.45) is 0. The number of carbonyl (C=O) groups excluding carboxylic acids is 1. The number of halogens is 1. The van der Waals surface area contributed by atoms with Gasteiger partial charge in [0, 0.05) is 16.9 Å². The van der Waals surface area contributed by atoms with E-state index in [1.807, 2.05) is 31.3 Å². The van der Waals surface area contributed by atoms with Crippen molar-refractivity contribution < 1.29 is 9.53 Å². The summed E-state index contributed by atoms with van der Waals surface area (Å²) in [4.78, 5) is 18.2. The van der Waals surface area contributed by atoms with Gasteiger partial charge < -0.3 is 9.64 Å². The Balaban J connectivity index is 1.84. The molecule has 1 aromatic carbocycles. The first-order chi connectivity index (χ1) is 10.4. The van der Waals surface area contributed by atoms with Crippen molar-refractivity contribution in [2.24, 2.45) is 0 Å². The molecule has 118 valence electrons. The molecule has 0 spiro atoms. The highest BCUT2D eigenvalue weighted by Crippen LogP contribution is 2.21. The third-order valence-corrected chi connectivity index (χ3v) is 4.01. The number of hydrogen-bond donors (Lipinski definition) is 1. The largest absolute Gasteiger partial charge is 0.484 e. The van der Waals surface area contributed by atoms with Gasteiger partial charge in [-0.2, -0.15) is 0 Å². The summed E-state index contributed by atoms with van der Waals surface area (Å²) in [6, 6.07) is 5.29. The van der Waals surface area contributed by atoms with Crippen molar-refractivity contribution in [3.63, 3.8) is 0 Å². The van der Waals surface area contributed by atoms with Crippen molar-refractivity contribution in [3.05, 3.63) is 39.9 Å². The molecule has 1 aromatic heterocycles. The van der Waals surface area contributed by atoms with E-state index in [9.17, 15) is 4.79 Å². The molecule has 0 saturated carbocycles. The summed E-state index contributed by atoms with van der Waals surface area (Å²) in [5.74, 6) is 0.378. The van der Waals surface area contributed by atoms with Crippen LogP contribution in [0.2, 0.25) is 5.02 Å². The third kappa shape index (κ3) is 4.98. The summed E-state index contributed by atoms with van der Waals surface area (Å²) in [6.45, 7) is 2.56. The van der Waals surface area contributed by atoms with E-state index in [4.69, 9.17) is 16.3 Å². The number of aromatic nitrogens is 1.